The van der Waals surface area contributed by atoms with Gasteiger partial charge in [-0.2, -0.15) is 0 Å². The summed E-state index contributed by atoms with van der Waals surface area (Å²) < 4.78 is 44.2. The Balaban J connectivity index is 0.952. The van der Waals surface area contributed by atoms with E-state index in [-0.39, 0.29) is 22.9 Å². The lowest BCUT2D eigenvalue weighted by molar-refractivity contribution is -0.365. The highest BCUT2D eigenvalue weighted by atomic mass is 16.7. The van der Waals surface area contributed by atoms with Crippen LogP contribution < -0.4 is 0 Å². The van der Waals surface area contributed by atoms with Gasteiger partial charge in [-0.1, -0.05) is 39.3 Å². The van der Waals surface area contributed by atoms with Gasteiger partial charge in [0.25, 0.3) is 0 Å². The number of aliphatic hydroxyl groups is 8. The van der Waals surface area contributed by atoms with Crippen LogP contribution >= 0.6 is 0 Å². The van der Waals surface area contributed by atoms with Gasteiger partial charge in [-0.15, -0.1) is 0 Å². The van der Waals surface area contributed by atoms with E-state index in [0.29, 0.717) is 41.9 Å². The van der Waals surface area contributed by atoms with Crippen molar-refractivity contribution in [1.82, 2.24) is 0 Å². The van der Waals surface area contributed by atoms with E-state index < -0.39 is 104 Å². The lowest BCUT2D eigenvalue weighted by atomic mass is 9.46. The van der Waals surface area contributed by atoms with Gasteiger partial charge in [0.2, 0.25) is 0 Å². The van der Waals surface area contributed by atoms with E-state index in [1.54, 1.807) is 6.92 Å². The molecule has 8 fully saturated rings. The maximum atomic E-state index is 12.2. The second-order valence-electron chi connectivity index (χ2n) is 21.2. The zero-order valence-electron chi connectivity index (χ0n) is 36.1. The summed E-state index contributed by atoms with van der Waals surface area (Å²) in [5, 5.41) is 86.6. The molecule has 4 aliphatic carbocycles. The highest BCUT2D eigenvalue weighted by Crippen LogP contribution is 2.71. The van der Waals surface area contributed by atoms with Crippen LogP contribution in [0.15, 0.2) is 11.6 Å². The Morgan fingerprint density at radius 3 is 1.98 bits per heavy atom. The number of hydrogen-bond donors (Lipinski definition) is 8. The highest BCUT2D eigenvalue weighted by molar-refractivity contribution is 5.27. The van der Waals surface area contributed by atoms with Crippen molar-refractivity contribution in [3.05, 3.63) is 11.6 Å². The van der Waals surface area contributed by atoms with Crippen LogP contribution in [-0.4, -0.2) is 158 Å². The molecule has 5 heterocycles. The lowest BCUT2D eigenvalue weighted by Crippen LogP contribution is -2.67. The normalized spacial score (nSPS) is 59.2. The van der Waals surface area contributed by atoms with E-state index in [4.69, 9.17) is 33.2 Å². The van der Waals surface area contributed by atoms with Crippen molar-refractivity contribution in [1.29, 1.82) is 0 Å². The Kier molecular flexibility index (Phi) is 12.0. The summed E-state index contributed by atoms with van der Waals surface area (Å²) in [7, 11) is 0. The van der Waals surface area contributed by atoms with Crippen LogP contribution in [0.5, 0.6) is 0 Å². The number of allylic oxidation sites excluding steroid dienone is 2. The van der Waals surface area contributed by atoms with Crippen molar-refractivity contribution >= 4 is 0 Å². The summed E-state index contributed by atoms with van der Waals surface area (Å²) in [5.74, 6) is 2.41. The maximum Gasteiger partial charge on any atom is 0.187 e. The number of aliphatic hydroxyl groups excluding tert-OH is 8. The molecule has 0 radical (unpaired) electrons. The second kappa shape index (κ2) is 16.2. The van der Waals surface area contributed by atoms with Gasteiger partial charge in [-0.3, -0.25) is 0 Å². The first-order valence-corrected chi connectivity index (χ1v) is 23.1. The molecule has 9 aliphatic rings. The fraction of sp³-hybridized carbons (Fsp3) is 0.956. The molecule has 26 atom stereocenters. The monoisotopic (exact) mass is 852 g/mol. The summed E-state index contributed by atoms with van der Waals surface area (Å²) in [6.07, 6.45) is -8.56. The summed E-state index contributed by atoms with van der Waals surface area (Å²) in [5.41, 5.74) is 1.53. The van der Waals surface area contributed by atoms with Gasteiger partial charge in [0.05, 0.1) is 37.6 Å². The van der Waals surface area contributed by atoms with Crippen LogP contribution in [0, 0.1) is 52.3 Å². The number of rotatable bonds is 6. The molecule has 60 heavy (non-hydrogen) atoms. The standard InChI is InChI=1S/C45H72O15/c1-19-9-14-45(54-18-19)20(2)30-28(60-45)16-27-25-8-7-24-15-23(10-12-43(24,5)26(25)11-13-44(27,30)6)38-40(59-42-36(52)34(50)32(48)22(4)56-42)37(53)39(29(17-46)57-38)58-41-35(51)33(49)31(47)21(3)55-41/h7,19-23,25-42,46-53H,8-18H2,1-6H3/t19-,20+,21+,22+,23+,25-,26+,27+,28+,29-,30+,31+,32+,33-,34-,35-,36-,37+,38?,39-,40-,41+,42+,43+,44+,45?/m1/s1. The molecule has 9 rings (SSSR count). The van der Waals surface area contributed by atoms with Gasteiger partial charge in [0.15, 0.2) is 18.4 Å². The van der Waals surface area contributed by atoms with Crippen LogP contribution in [-0.2, 0) is 33.2 Å². The summed E-state index contributed by atoms with van der Waals surface area (Å²) in [6.45, 7) is 12.9. The van der Waals surface area contributed by atoms with E-state index in [0.717, 1.165) is 58.0 Å². The van der Waals surface area contributed by atoms with Crippen molar-refractivity contribution < 1.29 is 74.0 Å². The molecule has 5 saturated heterocycles. The van der Waals surface area contributed by atoms with Crippen molar-refractivity contribution in [3.8, 4) is 0 Å². The molecule has 2 unspecified atom stereocenters. The first-order chi connectivity index (χ1) is 28.4. The molecule has 0 aromatic rings. The SMILES string of the molecule is C[C@@H]1CCC2(OC1)O[C@H]1C[C@H]3[C@@H]4CC=C5C[C@@H](C6O[C@H](CO)[C@@H](O[C@@H]7O[C@@H](C)[C@H](O)[C@@H](O)[C@H]7O)[C@H](O)[C@H]6O[C@@H]6O[C@@H](C)[C@H](O)[C@@H](O)[C@H]6O)CC[C@]5(C)[C@H]4CC[C@]3(C)[C@H]1[C@@H]2C. The van der Waals surface area contributed by atoms with Gasteiger partial charge in [0.1, 0.15) is 61.0 Å². The third-order valence-electron chi connectivity index (χ3n) is 17.9. The first kappa shape index (κ1) is 44.3. The fourth-order valence-corrected chi connectivity index (χ4v) is 14.4. The quantitative estimate of drug-likeness (QED) is 0.177. The minimum Gasteiger partial charge on any atom is -0.394 e. The van der Waals surface area contributed by atoms with E-state index in [9.17, 15) is 40.9 Å². The van der Waals surface area contributed by atoms with Crippen molar-refractivity contribution in [2.45, 2.75) is 203 Å². The van der Waals surface area contributed by atoms with Crippen LogP contribution in [0.3, 0.4) is 0 Å². The Bertz CT molecular complexity index is 1570. The van der Waals surface area contributed by atoms with E-state index in [1.807, 2.05) is 0 Å². The fourth-order valence-electron chi connectivity index (χ4n) is 14.4. The van der Waals surface area contributed by atoms with E-state index >= 15 is 0 Å². The Morgan fingerprint density at radius 2 is 1.37 bits per heavy atom. The summed E-state index contributed by atoms with van der Waals surface area (Å²) >= 11 is 0. The average molecular weight is 853 g/mol. The molecule has 0 bridgehead atoms. The third-order valence-corrected chi connectivity index (χ3v) is 17.9. The Hall–Kier alpha value is -0.860. The zero-order chi connectivity index (χ0) is 42.8. The number of hydrogen-bond acceptors (Lipinski definition) is 15. The van der Waals surface area contributed by atoms with Gasteiger partial charge < -0.3 is 74.0 Å². The van der Waals surface area contributed by atoms with Crippen LogP contribution in [0.4, 0.5) is 0 Å². The molecule has 5 aliphatic heterocycles. The lowest BCUT2D eigenvalue weighted by Gasteiger charge is -2.59. The van der Waals surface area contributed by atoms with Crippen LogP contribution in [0.25, 0.3) is 0 Å². The van der Waals surface area contributed by atoms with E-state index in [1.165, 1.54) is 12.5 Å². The smallest absolute Gasteiger partial charge is 0.187 e. The first-order valence-electron chi connectivity index (χ1n) is 23.1. The predicted octanol–water partition coefficient (Wildman–Crippen LogP) is 1.52. The molecule has 0 amide bonds. The predicted molar refractivity (Wildman–Crippen MR) is 211 cm³/mol. The number of ether oxygens (including phenoxy) is 7. The van der Waals surface area contributed by atoms with Gasteiger partial charge in [0, 0.05) is 12.3 Å². The van der Waals surface area contributed by atoms with Crippen LogP contribution in [0.1, 0.15) is 99.3 Å². The summed E-state index contributed by atoms with van der Waals surface area (Å²) in [4.78, 5) is 0. The van der Waals surface area contributed by atoms with Crippen molar-refractivity contribution in [2.24, 2.45) is 52.3 Å². The van der Waals surface area contributed by atoms with E-state index in [2.05, 4.69) is 33.8 Å². The maximum absolute atomic E-state index is 12.2. The van der Waals surface area contributed by atoms with Gasteiger partial charge >= 0.3 is 0 Å². The zero-order valence-corrected chi connectivity index (χ0v) is 36.1. The second-order valence-corrected chi connectivity index (χ2v) is 21.2. The minimum absolute atomic E-state index is 0.0324. The molecule has 15 nitrogen and oxygen atoms in total. The average Bonchev–Trinajstić information content (AvgIpc) is 3.68. The van der Waals surface area contributed by atoms with Gasteiger partial charge in [-0.25, -0.2) is 0 Å². The largest absolute Gasteiger partial charge is 0.394 e. The molecule has 1 spiro atoms. The molecular weight excluding hydrogens is 780 g/mol. The molecule has 0 aromatic heterocycles. The molecule has 3 saturated carbocycles. The Morgan fingerprint density at radius 1 is 0.717 bits per heavy atom. The molecule has 0 aromatic carbocycles. The van der Waals surface area contributed by atoms with Crippen molar-refractivity contribution in [3.63, 3.8) is 0 Å². The van der Waals surface area contributed by atoms with Crippen LogP contribution in [0.2, 0.25) is 0 Å². The van der Waals surface area contributed by atoms with Gasteiger partial charge in [-0.05, 0) is 112 Å². The highest BCUT2D eigenvalue weighted by Gasteiger charge is 2.69. The molecular formula is C45H72O15. The van der Waals surface area contributed by atoms with Crippen molar-refractivity contribution in [2.75, 3.05) is 13.2 Å². The molecule has 15 heteroatoms. The summed E-state index contributed by atoms with van der Waals surface area (Å²) in [6, 6.07) is 0. The minimum atomic E-state index is -1.68. The third kappa shape index (κ3) is 6.94. The molecule has 342 valence electrons. The Labute approximate surface area is 353 Å². The number of fused-ring (bicyclic) bond motifs is 7. The molecule has 8 N–H and O–H groups in total. The topological polar surface area (TPSA) is 226 Å².